The van der Waals surface area contributed by atoms with E-state index in [4.69, 9.17) is 16.8 Å². The van der Waals surface area contributed by atoms with Crippen molar-refractivity contribution in [2.24, 2.45) is 5.16 Å². The third-order valence-electron chi connectivity index (χ3n) is 1.88. The Morgan fingerprint density at radius 3 is 2.71 bits per heavy atom. The molecular formula is C9H6ClFN4O2. The van der Waals surface area contributed by atoms with Gasteiger partial charge in [-0.05, 0) is 34.6 Å². The molecule has 0 atom stereocenters. The number of rotatable bonds is 3. The van der Waals surface area contributed by atoms with Crippen molar-refractivity contribution < 1.29 is 14.2 Å². The van der Waals surface area contributed by atoms with E-state index in [1.807, 2.05) is 0 Å². The standard InChI is InChI=1S/C9H6ClFN4O2/c10-8(13-16)7-9(15-17-14-7)12-6-3-1-5(11)2-4-6/h1-4,16H,(H,12,15). The number of anilines is 2. The monoisotopic (exact) mass is 256 g/mol. The molecule has 6 nitrogen and oxygen atoms in total. The first kappa shape index (κ1) is 11.3. The Bertz CT molecular complexity index is 540. The van der Waals surface area contributed by atoms with Gasteiger partial charge in [0, 0.05) is 5.69 Å². The highest BCUT2D eigenvalue weighted by molar-refractivity contribution is 6.69. The molecule has 17 heavy (non-hydrogen) atoms. The van der Waals surface area contributed by atoms with Gasteiger partial charge in [0.05, 0.1) is 0 Å². The van der Waals surface area contributed by atoms with E-state index in [-0.39, 0.29) is 22.5 Å². The van der Waals surface area contributed by atoms with Crippen molar-refractivity contribution in [2.75, 3.05) is 5.32 Å². The normalized spacial score (nSPS) is 11.5. The molecule has 2 rings (SSSR count). The van der Waals surface area contributed by atoms with Crippen LogP contribution < -0.4 is 5.32 Å². The van der Waals surface area contributed by atoms with Crippen LogP contribution in [0.5, 0.6) is 0 Å². The average Bonchev–Trinajstić information content (AvgIpc) is 2.79. The van der Waals surface area contributed by atoms with Crippen molar-refractivity contribution in [2.45, 2.75) is 0 Å². The summed E-state index contributed by atoms with van der Waals surface area (Å²) in [4.78, 5) is 0. The Labute approximate surface area is 99.7 Å². The van der Waals surface area contributed by atoms with Crippen LogP contribution in [0.25, 0.3) is 0 Å². The number of nitrogens with zero attached hydrogens (tertiary/aromatic N) is 3. The predicted octanol–water partition coefficient (Wildman–Crippen LogP) is 2.33. The minimum Gasteiger partial charge on any atom is -0.410 e. The van der Waals surface area contributed by atoms with Crippen LogP contribution in [-0.4, -0.2) is 20.7 Å². The van der Waals surface area contributed by atoms with Crippen LogP contribution in [0, 0.1) is 5.82 Å². The van der Waals surface area contributed by atoms with Crippen LogP contribution in [0.15, 0.2) is 34.1 Å². The SMILES string of the molecule is ON=C(Cl)c1nonc1Nc1ccc(F)cc1. The van der Waals surface area contributed by atoms with E-state index in [0.29, 0.717) is 5.69 Å². The van der Waals surface area contributed by atoms with Crippen LogP contribution in [0.2, 0.25) is 0 Å². The summed E-state index contributed by atoms with van der Waals surface area (Å²) in [5.74, 6) is -0.191. The fraction of sp³-hybridized carbons (Fsp3) is 0. The summed E-state index contributed by atoms with van der Waals surface area (Å²) in [5.41, 5.74) is 0.615. The molecule has 1 aromatic carbocycles. The molecule has 0 spiro atoms. The number of hydrogen-bond donors (Lipinski definition) is 2. The van der Waals surface area contributed by atoms with Crippen LogP contribution in [0.3, 0.4) is 0 Å². The lowest BCUT2D eigenvalue weighted by Gasteiger charge is -2.02. The van der Waals surface area contributed by atoms with Crippen molar-refractivity contribution in [3.05, 3.63) is 35.8 Å². The highest BCUT2D eigenvalue weighted by Crippen LogP contribution is 2.19. The molecule has 0 saturated carbocycles. The van der Waals surface area contributed by atoms with Crippen LogP contribution in [-0.2, 0) is 0 Å². The lowest BCUT2D eigenvalue weighted by molar-refractivity contribution is 0.305. The molecule has 0 bridgehead atoms. The Balaban J connectivity index is 2.25. The third-order valence-corrected chi connectivity index (χ3v) is 2.13. The Morgan fingerprint density at radius 2 is 2.06 bits per heavy atom. The van der Waals surface area contributed by atoms with Crippen molar-refractivity contribution >= 4 is 28.3 Å². The zero-order valence-electron chi connectivity index (χ0n) is 8.26. The summed E-state index contributed by atoms with van der Waals surface area (Å²) in [6, 6.07) is 5.55. The molecule has 2 N–H and O–H groups in total. The van der Waals surface area contributed by atoms with E-state index < -0.39 is 0 Å². The molecule has 2 aromatic rings. The smallest absolute Gasteiger partial charge is 0.206 e. The lowest BCUT2D eigenvalue weighted by atomic mass is 10.3. The first-order valence-corrected chi connectivity index (χ1v) is 4.81. The highest BCUT2D eigenvalue weighted by atomic mass is 35.5. The van der Waals surface area contributed by atoms with Gasteiger partial charge in [-0.1, -0.05) is 16.8 Å². The van der Waals surface area contributed by atoms with Gasteiger partial charge < -0.3 is 10.5 Å². The number of aromatic nitrogens is 2. The summed E-state index contributed by atoms with van der Waals surface area (Å²) in [5, 5.41) is 20.8. The van der Waals surface area contributed by atoms with E-state index in [2.05, 4.69) is 25.4 Å². The maximum atomic E-state index is 12.7. The maximum Gasteiger partial charge on any atom is 0.206 e. The van der Waals surface area contributed by atoms with Gasteiger partial charge in [-0.3, -0.25) is 0 Å². The molecule has 1 heterocycles. The molecule has 1 aromatic heterocycles. The van der Waals surface area contributed by atoms with E-state index in [1.165, 1.54) is 24.3 Å². The molecule has 0 radical (unpaired) electrons. The third kappa shape index (κ3) is 2.51. The molecular weight excluding hydrogens is 251 g/mol. The molecule has 0 aliphatic rings. The highest BCUT2D eigenvalue weighted by Gasteiger charge is 2.15. The van der Waals surface area contributed by atoms with Gasteiger partial charge in [0.15, 0.2) is 5.69 Å². The molecule has 0 aliphatic heterocycles. The van der Waals surface area contributed by atoms with Gasteiger partial charge in [0.1, 0.15) is 5.82 Å². The lowest BCUT2D eigenvalue weighted by Crippen LogP contribution is -1.99. The van der Waals surface area contributed by atoms with E-state index in [0.717, 1.165) is 0 Å². The van der Waals surface area contributed by atoms with Crippen molar-refractivity contribution in [1.29, 1.82) is 0 Å². The summed E-state index contributed by atoms with van der Waals surface area (Å²) in [6.45, 7) is 0. The quantitative estimate of drug-likeness (QED) is 0.500. The Kier molecular flexibility index (Phi) is 3.20. The van der Waals surface area contributed by atoms with Crippen molar-refractivity contribution in [3.63, 3.8) is 0 Å². The molecule has 88 valence electrons. The van der Waals surface area contributed by atoms with E-state index in [9.17, 15) is 4.39 Å². The molecule has 0 amide bonds. The topological polar surface area (TPSA) is 83.5 Å². The van der Waals surface area contributed by atoms with Crippen molar-refractivity contribution in [3.8, 4) is 0 Å². The first-order chi connectivity index (χ1) is 8.20. The van der Waals surface area contributed by atoms with Gasteiger partial charge >= 0.3 is 0 Å². The van der Waals surface area contributed by atoms with Gasteiger partial charge in [0.25, 0.3) is 0 Å². The van der Waals surface area contributed by atoms with E-state index in [1.54, 1.807) is 0 Å². The summed E-state index contributed by atoms with van der Waals surface area (Å²) < 4.78 is 17.1. The van der Waals surface area contributed by atoms with Crippen LogP contribution >= 0.6 is 11.6 Å². The van der Waals surface area contributed by atoms with Crippen LogP contribution in [0.4, 0.5) is 15.9 Å². The minimum atomic E-state index is -0.357. The molecule has 0 saturated heterocycles. The molecule has 0 aliphatic carbocycles. The zero-order valence-corrected chi connectivity index (χ0v) is 9.02. The summed E-state index contributed by atoms with van der Waals surface area (Å²) in [7, 11) is 0. The molecule has 0 unspecified atom stereocenters. The fourth-order valence-electron chi connectivity index (χ4n) is 1.12. The van der Waals surface area contributed by atoms with Gasteiger partial charge in [-0.2, -0.15) is 0 Å². The number of oxime groups is 1. The second kappa shape index (κ2) is 4.79. The summed E-state index contributed by atoms with van der Waals surface area (Å²) >= 11 is 5.57. The number of hydrogen-bond acceptors (Lipinski definition) is 6. The van der Waals surface area contributed by atoms with Gasteiger partial charge in [0.2, 0.25) is 11.0 Å². The van der Waals surface area contributed by atoms with Gasteiger partial charge in [-0.15, -0.1) is 0 Å². The largest absolute Gasteiger partial charge is 0.410 e. The maximum absolute atomic E-state index is 12.7. The van der Waals surface area contributed by atoms with Crippen molar-refractivity contribution in [1.82, 2.24) is 10.3 Å². The Morgan fingerprint density at radius 1 is 1.35 bits per heavy atom. The van der Waals surface area contributed by atoms with Crippen LogP contribution in [0.1, 0.15) is 5.69 Å². The number of nitrogens with one attached hydrogen (secondary N) is 1. The van der Waals surface area contributed by atoms with E-state index >= 15 is 0 Å². The number of halogens is 2. The zero-order chi connectivity index (χ0) is 12.3. The molecule has 0 fully saturated rings. The Hall–Kier alpha value is -2.15. The fourth-order valence-corrected chi connectivity index (χ4v) is 1.25. The first-order valence-electron chi connectivity index (χ1n) is 4.44. The second-order valence-electron chi connectivity index (χ2n) is 2.98. The second-order valence-corrected chi connectivity index (χ2v) is 3.34. The summed E-state index contributed by atoms with van der Waals surface area (Å²) in [6.07, 6.45) is 0. The number of benzene rings is 1. The predicted molar refractivity (Wildman–Crippen MR) is 58.2 cm³/mol. The van der Waals surface area contributed by atoms with Gasteiger partial charge in [-0.25, -0.2) is 9.02 Å². The molecule has 8 heteroatoms. The minimum absolute atomic E-state index is 0.0542. The average molecular weight is 257 g/mol.